The van der Waals surface area contributed by atoms with Crippen molar-refractivity contribution < 1.29 is 13.9 Å². The molecule has 0 radical (unpaired) electrons. The number of pyridine rings is 1. The van der Waals surface area contributed by atoms with Crippen LogP contribution in [0, 0.1) is 18.6 Å². The summed E-state index contributed by atoms with van der Waals surface area (Å²) in [5.74, 6) is -0.806. The van der Waals surface area contributed by atoms with Gasteiger partial charge in [-0.25, -0.2) is 8.78 Å². The van der Waals surface area contributed by atoms with Crippen molar-refractivity contribution in [2.24, 2.45) is 0 Å². The summed E-state index contributed by atoms with van der Waals surface area (Å²) >= 11 is 6.30. The van der Waals surface area contributed by atoms with Gasteiger partial charge in [-0.15, -0.1) is 0 Å². The standard InChI is InChI=1S/C27H24ClF2NO/c1-16-5-3-8-26(30)22(16)9-10-27-25(14-20(28)15-31-27)24-7-4-6-23(24)19-11-18(17(2)32)12-21(29)13-19/h3,5,8,11-15,32H,2,4,6-7,9-10H2,1H3. The quantitative estimate of drug-likeness (QED) is 0.389. The van der Waals surface area contributed by atoms with Crippen LogP contribution in [0.2, 0.25) is 5.02 Å². The fraction of sp³-hybridized carbons (Fsp3) is 0.222. The number of hydrogen-bond acceptors (Lipinski definition) is 2. The van der Waals surface area contributed by atoms with E-state index in [2.05, 4.69) is 11.6 Å². The predicted octanol–water partition coefficient (Wildman–Crippen LogP) is 7.73. The first-order chi connectivity index (χ1) is 15.3. The topological polar surface area (TPSA) is 33.1 Å². The fourth-order valence-electron chi connectivity index (χ4n) is 4.44. The van der Waals surface area contributed by atoms with Crippen LogP contribution in [0.4, 0.5) is 8.78 Å². The third-order valence-electron chi connectivity index (χ3n) is 6.02. The second kappa shape index (κ2) is 9.25. The highest BCUT2D eigenvalue weighted by atomic mass is 35.5. The number of aliphatic hydroxyl groups is 1. The molecule has 2 nitrogen and oxygen atoms in total. The Hall–Kier alpha value is -2.98. The van der Waals surface area contributed by atoms with E-state index in [1.807, 2.05) is 19.1 Å². The molecule has 0 saturated carbocycles. The smallest absolute Gasteiger partial charge is 0.126 e. The first kappa shape index (κ1) is 22.2. The maximum absolute atomic E-state index is 14.3. The van der Waals surface area contributed by atoms with Gasteiger partial charge in [0.05, 0.1) is 5.02 Å². The lowest BCUT2D eigenvalue weighted by Gasteiger charge is -2.15. The lowest BCUT2D eigenvalue weighted by Crippen LogP contribution is -2.03. The minimum atomic E-state index is -0.425. The van der Waals surface area contributed by atoms with Crippen LogP contribution in [-0.4, -0.2) is 10.1 Å². The highest BCUT2D eigenvalue weighted by molar-refractivity contribution is 6.30. The highest BCUT2D eigenvalue weighted by Crippen LogP contribution is 2.42. The number of nitrogens with zero attached hydrogens (tertiary/aromatic N) is 1. The van der Waals surface area contributed by atoms with E-state index >= 15 is 0 Å². The molecule has 1 N–H and O–H groups in total. The van der Waals surface area contributed by atoms with Crippen LogP contribution in [0.15, 0.2) is 55.2 Å². The van der Waals surface area contributed by atoms with Gasteiger partial charge in [-0.05, 0) is 97.2 Å². The second-order valence-corrected chi connectivity index (χ2v) is 8.61. The summed E-state index contributed by atoms with van der Waals surface area (Å²) in [5.41, 5.74) is 6.53. The molecular weight excluding hydrogens is 428 g/mol. The molecule has 1 aliphatic carbocycles. The molecule has 0 spiro atoms. The maximum atomic E-state index is 14.3. The lowest BCUT2D eigenvalue weighted by atomic mass is 9.92. The van der Waals surface area contributed by atoms with Gasteiger partial charge >= 0.3 is 0 Å². The van der Waals surface area contributed by atoms with Crippen LogP contribution >= 0.6 is 11.6 Å². The Bertz CT molecular complexity index is 1210. The van der Waals surface area contributed by atoms with Gasteiger partial charge in [0.25, 0.3) is 0 Å². The van der Waals surface area contributed by atoms with E-state index in [1.165, 1.54) is 18.2 Å². The Morgan fingerprint density at radius 3 is 2.62 bits per heavy atom. The molecule has 1 aliphatic rings. The van der Waals surface area contributed by atoms with E-state index in [1.54, 1.807) is 18.3 Å². The molecule has 5 heteroatoms. The van der Waals surface area contributed by atoms with Crippen molar-refractivity contribution in [1.29, 1.82) is 0 Å². The molecule has 0 unspecified atom stereocenters. The molecule has 4 rings (SSSR count). The summed E-state index contributed by atoms with van der Waals surface area (Å²) in [6, 6.07) is 11.5. The molecule has 0 atom stereocenters. The molecule has 164 valence electrons. The lowest BCUT2D eigenvalue weighted by molar-refractivity contribution is 0.512. The van der Waals surface area contributed by atoms with Gasteiger partial charge in [0, 0.05) is 23.0 Å². The van der Waals surface area contributed by atoms with Crippen molar-refractivity contribution in [3.8, 4) is 0 Å². The molecule has 0 fully saturated rings. The number of benzene rings is 2. The molecule has 0 aliphatic heterocycles. The average molecular weight is 452 g/mol. The maximum Gasteiger partial charge on any atom is 0.126 e. The molecular formula is C27H24ClF2NO. The summed E-state index contributed by atoms with van der Waals surface area (Å²) < 4.78 is 28.6. The Balaban J connectivity index is 1.76. The van der Waals surface area contributed by atoms with Crippen molar-refractivity contribution >= 4 is 28.5 Å². The van der Waals surface area contributed by atoms with Crippen LogP contribution in [0.25, 0.3) is 16.9 Å². The summed E-state index contributed by atoms with van der Waals surface area (Å²) in [7, 11) is 0. The normalized spacial score (nSPS) is 13.6. The largest absolute Gasteiger partial charge is 0.508 e. The van der Waals surface area contributed by atoms with Gasteiger partial charge in [0.1, 0.15) is 17.4 Å². The van der Waals surface area contributed by atoms with E-state index in [0.717, 1.165) is 52.8 Å². The number of rotatable bonds is 6. The van der Waals surface area contributed by atoms with Crippen LogP contribution in [0.1, 0.15) is 52.8 Å². The molecule has 1 heterocycles. The number of aromatic nitrogens is 1. The van der Waals surface area contributed by atoms with Crippen LogP contribution in [-0.2, 0) is 12.8 Å². The van der Waals surface area contributed by atoms with Gasteiger partial charge in [-0.3, -0.25) is 4.98 Å². The minimum absolute atomic E-state index is 0.170. The van der Waals surface area contributed by atoms with Crippen LogP contribution < -0.4 is 0 Å². The second-order valence-electron chi connectivity index (χ2n) is 8.17. The number of aliphatic hydroxyl groups excluding tert-OH is 1. The molecule has 0 bridgehead atoms. The minimum Gasteiger partial charge on any atom is -0.508 e. The molecule has 0 amide bonds. The molecule has 3 aromatic rings. The Kier molecular flexibility index (Phi) is 6.43. The monoisotopic (exact) mass is 451 g/mol. The molecule has 2 aromatic carbocycles. The predicted molar refractivity (Wildman–Crippen MR) is 127 cm³/mol. The molecule has 32 heavy (non-hydrogen) atoms. The number of aryl methyl sites for hydroxylation is 2. The first-order valence-corrected chi connectivity index (χ1v) is 11.0. The first-order valence-electron chi connectivity index (χ1n) is 10.6. The zero-order chi connectivity index (χ0) is 22.8. The SMILES string of the molecule is C=C(O)c1cc(F)cc(C2=C(c3cc(Cl)cnc3CCc3c(C)cccc3F)CCC2)c1. The van der Waals surface area contributed by atoms with E-state index < -0.39 is 5.82 Å². The van der Waals surface area contributed by atoms with Crippen LogP contribution in [0.5, 0.6) is 0 Å². The number of allylic oxidation sites excluding steroid dienone is 2. The van der Waals surface area contributed by atoms with Crippen molar-refractivity contribution in [3.05, 3.63) is 105 Å². The van der Waals surface area contributed by atoms with Gasteiger partial charge < -0.3 is 5.11 Å². The summed E-state index contributed by atoms with van der Waals surface area (Å²) in [5, 5.41) is 10.3. The Morgan fingerprint density at radius 2 is 1.88 bits per heavy atom. The molecule has 0 saturated heterocycles. The Morgan fingerprint density at radius 1 is 1.09 bits per heavy atom. The van der Waals surface area contributed by atoms with Crippen molar-refractivity contribution in [2.75, 3.05) is 0 Å². The zero-order valence-electron chi connectivity index (χ0n) is 17.9. The summed E-state index contributed by atoms with van der Waals surface area (Å²) in [6.07, 6.45) is 5.22. The average Bonchev–Trinajstić information content (AvgIpc) is 3.23. The Labute approximate surface area is 191 Å². The summed E-state index contributed by atoms with van der Waals surface area (Å²) in [6.45, 7) is 5.42. The van der Waals surface area contributed by atoms with Gasteiger partial charge in [-0.2, -0.15) is 0 Å². The van der Waals surface area contributed by atoms with E-state index in [-0.39, 0.29) is 11.6 Å². The fourth-order valence-corrected chi connectivity index (χ4v) is 4.60. The van der Waals surface area contributed by atoms with Gasteiger partial charge in [0.15, 0.2) is 0 Å². The van der Waals surface area contributed by atoms with Gasteiger partial charge in [-0.1, -0.05) is 30.3 Å². The molecule has 1 aromatic heterocycles. The number of hydrogen-bond donors (Lipinski definition) is 1. The van der Waals surface area contributed by atoms with Crippen molar-refractivity contribution in [1.82, 2.24) is 4.98 Å². The van der Waals surface area contributed by atoms with Crippen molar-refractivity contribution in [2.45, 2.75) is 39.0 Å². The van der Waals surface area contributed by atoms with E-state index in [4.69, 9.17) is 11.6 Å². The number of halogens is 3. The van der Waals surface area contributed by atoms with E-state index in [0.29, 0.717) is 29.0 Å². The van der Waals surface area contributed by atoms with Crippen LogP contribution in [0.3, 0.4) is 0 Å². The highest BCUT2D eigenvalue weighted by Gasteiger charge is 2.22. The van der Waals surface area contributed by atoms with Crippen molar-refractivity contribution in [3.63, 3.8) is 0 Å². The zero-order valence-corrected chi connectivity index (χ0v) is 18.6. The third-order valence-corrected chi connectivity index (χ3v) is 6.23. The third kappa shape index (κ3) is 4.61. The van der Waals surface area contributed by atoms with Gasteiger partial charge in [0.2, 0.25) is 0 Å². The summed E-state index contributed by atoms with van der Waals surface area (Å²) in [4.78, 5) is 4.57. The van der Waals surface area contributed by atoms with E-state index in [9.17, 15) is 13.9 Å².